The third-order valence-electron chi connectivity index (χ3n) is 2.50. The number of anilines is 3. The van der Waals surface area contributed by atoms with Crippen molar-refractivity contribution in [2.45, 2.75) is 0 Å². The Morgan fingerprint density at radius 3 is 2.44 bits per heavy atom. The highest BCUT2D eigenvalue weighted by molar-refractivity contribution is 5.99. The molecule has 1 heterocycles. The standard InChI is InChI=1S/C10H14N4O2/c1-11-6-4-7(12-2)9-8(5-6)16-14(15)10(9)13-3/h4-5,11-13H,1-3H3. The fourth-order valence-electron chi connectivity index (χ4n) is 1.72. The van der Waals surface area contributed by atoms with Crippen LogP contribution in [0, 0.1) is 5.21 Å². The molecular formula is C10H14N4O2. The van der Waals surface area contributed by atoms with Crippen LogP contribution < -0.4 is 20.9 Å². The molecule has 6 heteroatoms. The number of fused-ring (bicyclic) bond motifs is 1. The molecule has 3 N–H and O–H groups in total. The van der Waals surface area contributed by atoms with Gasteiger partial charge in [0, 0.05) is 19.8 Å². The number of rotatable bonds is 3. The summed E-state index contributed by atoms with van der Waals surface area (Å²) in [6, 6.07) is 3.70. The highest BCUT2D eigenvalue weighted by atomic mass is 16.7. The van der Waals surface area contributed by atoms with Crippen molar-refractivity contribution < 1.29 is 9.43 Å². The number of nitrogens with one attached hydrogen (secondary N) is 3. The van der Waals surface area contributed by atoms with Gasteiger partial charge in [0.2, 0.25) is 0 Å². The summed E-state index contributed by atoms with van der Waals surface area (Å²) in [5.41, 5.74) is 2.26. The van der Waals surface area contributed by atoms with Gasteiger partial charge in [0.25, 0.3) is 0 Å². The normalized spacial score (nSPS) is 10.4. The first-order valence-electron chi connectivity index (χ1n) is 4.95. The lowest BCUT2D eigenvalue weighted by atomic mass is 10.2. The topological polar surface area (TPSA) is 76.2 Å². The average molecular weight is 222 g/mol. The van der Waals surface area contributed by atoms with E-state index in [1.165, 1.54) is 0 Å². The highest BCUT2D eigenvalue weighted by Gasteiger charge is 2.16. The van der Waals surface area contributed by atoms with Gasteiger partial charge in [-0.25, -0.2) is 0 Å². The predicted octanol–water partition coefficient (Wildman–Crippen LogP) is 1.19. The van der Waals surface area contributed by atoms with Crippen molar-refractivity contribution in [2.75, 3.05) is 37.1 Å². The summed E-state index contributed by atoms with van der Waals surface area (Å²) in [4.78, 5) is 0.477. The van der Waals surface area contributed by atoms with Crippen LogP contribution in [-0.4, -0.2) is 21.1 Å². The minimum absolute atomic E-state index is 0.405. The van der Waals surface area contributed by atoms with E-state index >= 15 is 0 Å². The molecule has 1 aromatic carbocycles. The van der Waals surface area contributed by atoms with Gasteiger partial charge < -0.3 is 20.4 Å². The molecule has 0 radical (unpaired) electrons. The zero-order valence-corrected chi connectivity index (χ0v) is 9.42. The maximum Gasteiger partial charge on any atom is 0.325 e. The SMILES string of the molecule is CNc1cc(NC)c2c(NC)[n+]([O-])oc2c1. The average Bonchev–Trinajstić information content (AvgIpc) is 2.62. The summed E-state index contributed by atoms with van der Waals surface area (Å²) in [5.74, 6) is 0.405. The minimum atomic E-state index is 0.405. The van der Waals surface area contributed by atoms with Crippen LogP contribution >= 0.6 is 0 Å². The van der Waals surface area contributed by atoms with Gasteiger partial charge in [-0.3, -0.25) is 5.32 Å². The zero-order chi connectivity index (χ0) is 11.7. The number of hydrogen-bond acceptors (Lipinski definition) is 5. The summed E-state index contributed by atoms with van der Waals surface area (Å²) in [6.45, 7) is 0. The van der Waals surface area contributed by atoms with Crippen LogP contribution in [-0.2, 0) is 0 Å². The lowest BCUT2D eigenvalue weighted by Crippen LogP contribution is -2.25. The van der Waals surface area contributed by atoms with Crippen LogP contribution in [0.2, 0.25) is 0 Å². The van der Waals surface area contributed by atoms with Crippen molar-refractivity contribution in [3.05, 3.63) is 17.3 Å². The van der Waals surface area contributed by atoms with E-state index in [1.54, 1.807) is 20.2 Å². The van der Waals surface area contributed by atoms with Gasteiger partial charge in [0.15, 0.2) is 0 Å². The predicted molar refractivity (Wildman–Crippen MR) is 63.8 cm³/mol. The van der Waals surface area contributed by atoms with E-state index in [4.69, 9.17) is 4.52 Å². The largest absolute Gasteiger partial charge is 0.439 e. The number of hydrogen-bond donors (Lipinski definition) is 3. The summed E-state index contributed by atoms with van der Waals surface area (Å²) in [5, 5.41) is 21.1. The Morgan fingerprint density at radius 1 is 1.12 bits per heavy atom. The summed E-state index contributed by atoms with van der Waals surface area (Å²) in [6.07, 6.45) is 0. The Hall–Kier alpha value is -2.11. The third kappa shape index (κ3) is 1.39. The van der Waals surface area contributed by atoms with E-state index in [-0.39, 0.29) is 0 Å². The zero-order valence-electron chi connectivity index (χ0n) is 9.42. The molecule has 0 fully saturated rings. The maximum atomic E-state index is 11.5. The third-order valence-corrected chi connectivity index (χ3v) is 2.50. The van der Waals surface area contributed by atoms with Crippen LogP contribution in [0.15, 0.2) is 16.7 Å². The van der Waals surface area contributed by atoms with Gasteiger partial charge in [-0.05, 0) is 17.0 Å². The lowest BCUT2D eigenvalue weighted by Gasteiger charge is -2.06. The monoisotopic (exact) mass is 222 g/mol. The van der Waals surface area contributed by atoms with Crippen molar-refractivity contribution in [2.24, 2.45) is 0 Å². The quantitative estimate of drug-likeness (QED) is 0.680. The van der Waals surface area contributed by atoms with E-state index in [9.17, 15) is 5.21 Å². The van der Waals surface area contributed by atoms with Crippen LogP contribution in [0.3, 0.4) is 0 Å². The summed E-state index contributed by atoms with van der Waals surface area (Å²) in [7, 11) is 5.30. The molecule has 0 atom stereocenters. The number of benzene rings is 1. The molecule has 6 nitrogen and oxygen atoms in total. The molecule has 0 aliphatic heterocycles. The second kappa shape index (κ2) is 3.80. The fraction of sp³-hybridized carbons (Fsp3) is 0.300. The molecule has 0 aliphatic rings. The molecule has 0 bridgehead atoms. The molecule has 86 valence electrons. The Bertz CT molecular complexity index is 521. The van der Waals surface area contributed by atoms with Crippen molar-refractivity contribution in [3.8, 4) is 0 Å². The molecule has 0 amide bonds. The van der Waals surface area contributed by atoms with Crippen molar-refractivity contribution >= 4 is 28.2 Å². The first-order chi connectivity index (χ1) is 7.71. The van der Waals surface area contributed by atoms with E-state index < -0.39 is 0 Å². The van der Waals surface area contributed by atoms with Gasteiger partial charge in [0.1, 0.15) is 5.39 Å². The number of aromatic nitrogens is 1. The van der Waals surface area contributed by atoms with Crippen molar-refractivity contribution in [3.63, 3.8) is 0 Å². The molecule has 16 heavy (non-hydrogen) atoms. The number of nitrogens with zero attached hydrogens (tertiary/aromatic N) is 1. The van der Waals surface area contributed by atoms with Crippen LogP contribution in [0.5, 0.6) is 0 Å². The molecule has 1 aromatic heterocycles. The summed E-state index contributed by atoms with van der Waals surface area (Å²) >= 11 is 0. The van der Waals surface area contributed by atoms with Crippen LogP contribution in [0.25, 0.3) is 11.0 Å². The van der Waals surface area contributed by atoms with Crippen LogP contribution in [0.1, 0.15) is 0 Å². The van der Waals surface area contributed by atoms with Gasteiger partial charge in [-0.15, -0.1) is 0 Å². The molecule has 0 unspecified atom stereocenters. The van der Waals surface area contributed by atoms with Gasteiger partial charge in [0.05, 0.1) is 18.3 Å². The Morgan fingerprint density at radius 2 is 1.88 bits per heavy atom. The van der Waals surface area contributed by atoms with Gasteiger partial charge >= 0.3 is 5.82 Å². The lowest BCUT2D eigenvalue weighted by molar-refractivity contribution is -0.776. The second-order valence-electron chi connectivity index (χ2n) is 3.34. The fourth-order valence-corrected chi connectivity index (χ4v) is 1.72. The Balaban J connectivity index is 2.79. The molecule has 2 rings (SSSR count). The van der Waals surface area contributed by atoms with Gasteiger partial charge in [-0.2, -0.15) is 0 Å². The first kappa shape index (κ1) is 10.4. The van der Waals surface area contributed by atoms with Crippen molar-refractivity contribution in [1.29, 1.82) is 0 Å². The molecule has 0 aliphatic carbocycles. The van der Waals surface area contributed by atoms with Crippen molar-refractivity contribution in [1.82, 2.24) is 0 Å². The first-order valence-corrected chi connectivity index (χ1v) is 4.95. The van der Waals surface area contributed by atoms with Crippen LogP contribution in [0.4, 0.5) is 17.2 Å². The minimum Gasteiger partial charge on any atom is -0.439 e. The summed E-state index contributed by atoms with van der Waals surface area (Å²) < 4.78 is 5.09. The van der Waals surface area contributed by atoms with Gasteiger partial charge in [-0.1, -0.05) is 0 Å². The highest BCUT2D eigenvalue weighted by Crippen LogP contribution is 2.32. The molecular weight excluding hydrogens is 208 g/mol. The Labute approximate surface area is 92.8 Å². The smallest absolute Gasteiger partial charge is 0.325 e. The second-order valence-corrected chi connectivity index (χ2v) is 3.34. The molecule has 0 spiro atoms. The van der Waals surface area contributed by atoms with E-state index in [0.717, 1.165) is 16.8 Å². The van der Waals surface area contributed by atoms with E-state index in [1.807, 2.05) is 13.1 Å². The Kier molecular flexibility index (Phi) is 2.47. The molecule has 2 aromatic rings. The van der Waals surface area contributed by atoms with E-state index in [0.29, 0.717) is 16.3 Å². The molecule has 0 saturated heterocycles. The van der Waals surface area contributed by atoms with E-state index in [2.05, 4.69) is 16.0 Å². The maximum absolute atomic E-state index is 11.5. The molecule has 0 saturated carbocycles.